The summed E-state index contributed by atoms with van der Waals surface area (Å²) in [5.74, 6) is 0. The Morgan fingerprint density at radius 3 is 2.44 bits per heavy atom. The molecule has 0 heterocycles. The zero-order valence-electron chi connectivity index (χ0n) is 6.33. The van der Waals surface area contributed by atoms with Crippen LogP contribution in [0.15, 0.2) is 17.8 Å². The molecule has 0 aliphatic heterocycles. The van der Waals surface area contributed by atoms with E-state index in [2.05, 4.69) is 11.6 Å². The molecule has 0 unspecified atom stereocenters. The van der Waals surface area contributed by atoms with E-state index in [0.717, 1.165) is 0 Å². The van der Waals surface area contributed by atoms with Gasteiger partial charge in [0.2, 0.25) is 0 Å². The van der Waals surface area contributed by atoms with Crippen molar-refractivity contribution in [3.63, 3.8) is 0 Å². The van der Waals surface area contributed by atoms with Gasteiger partial charge in [-0.3, -0.25) is 4.99 Å². The van der Waals surface area contributed by atoms with Crippen LogP contribution in [0.4, 0.5) is 0 Å². The topological polar surface area (TPSA) is 15.6 Å². The summed E-state index contributed by atoms with van der Waals surface area (Å²) in [6, 6.07) is 0.368. The van der Waals surface area contributed by atoms with Gasteiger partial charge in [-0.25, -0.2) is 0 Å². The Labute approximate surface area is 56.9 Å². The standard InChI is InChI=1S/C7H14N2/c1-5-9(4)6-8-7(2)3/h5-7H,1H2,2-4H3/b8-6-. The molecule has 0 bridgehead atoms. The molecule has 0 aliphatic rings. The van der Waals surface area contributed by atoms with E-state index in [0.29, 0.717) is 6.04 Å². The largest absolute Gasteiger partial charge is 0.343 e. The van der Waals surface area contributed by atoms with Crippen molar-refractivity contribution in [1.82, 2.24) is 4.90 Å². The van der Waals surface area contributed by atoms with E-state index < -0.39 is 0 Å². The van der Waals surface area contributed by atoms with Crippen molar-refractivity contribution >= 4 is 6.34 Å². The van der Waals surface area contributed by atoms with E-state index >= 15 is 0 Å². The summed E-state index contributed by atoms with van der Waals surface area (Å²) in [7, 11) is 1.90. The lowest BCUT2D eigenvalue weighted by Gasteiger charge is -2.04. The zero-order chi connectivity index (χ0) is 7.28. The maximum absolute atomic E-state index is 4.12. The number of aliphatic imine (C=N–C) groups is 1. The molecule has 0 aromatic heterocycles. The monoisotopic (exact) mass is 126 g/mol. The van der Waals surface area contributed by atoms with Crippen molar-refractivity contribution < 1.29 is 0 Å². The van der Waals surface area contributed by atoms with E-state index in [-0.39, 0.29) is 0 Å². The van der Waals surface area contributed by atoms with Crippen molar-refractivity contribution in [2.24, 2.45) is 4.99 Å². The molecule has 52 valence electrons. The van der Waals surface area contributed by atoms with Gasteiger partial charge >= 0.3 is 0 Å². The third-order valence-electron chi connectivity index (χ3n) is 0.835. The molecule has 0 saturated heterocycles. The minimum Gasteiger partial charge on any atom is -0.343 e. The van der Waals surface area contributed by atoms with Crippen LogP contribution < -0.4 is 0 Å². The number of nitrogens with zero attached hydrogens (tertiary/aromatic N) is 2. The van der Waals surface area contributed by atoms with Gasteiger partial charge in [-0.2, -0.15) is 0 Å². The second kappa shape index (κ2) is 4.13. The predicted octanol–water partition coefficient (Wildman–Crippen LogP) is 1.50. The molecule has 0 spiro atoms. The Morgan fingerprint density at radius 1 is 1.56 bits per heavy atom. The highest BCUT2D eigenvalue weighted by atomic mass is 15.1. The lowest BCUT2D eigenvalue weighted by molar-refractivity contribution is 0.694. The summed E-state index contributed by atoms with van der Waals surface area (Å²) in [4.78, 5) is 5.94. The summed E-state index contributed by atoms with van der Waals surface area (Å²) in [6.45, 7) is 7.64. The van der Waals surface area contributed by atoms with Crippen LogP contribution in [0, 0.1) is 0 Å². The maximum Gasteiger partial charge on any atom is 0.0890 e. The minimum absolute atomic E-state index is 0.368. The van der Waals surface area contributed by atoms with Gasteiger partial charge in [0.05, 0.1) is 6.34 Å². The smallest absolute Gasteiger partial charge is 0.0890 e. The SMILES string of the molecule is C=CN(C)/C=N\C(C)C. The minimum atomic E-state index is 0.368. The molecule has 0 aliphatic carbocycles. The van der Waals surface area contributed by atoms with Crippen LogP contribution in [0.5, 0.6) is 0 Å². The molecule has 2 heteroatoms. The predicted molar refractivity (Wildman–Crippen MR) is 41.6 cm³/mol. The first-order valence-corrected chi connectivity index (χ1v) is 3.04. The highest BCUT2D eigenvalue weighted by Crippen LogP contribution is 1.84. The molecular weight excluding hydrogens is 112 g/mol. The second-order valence-electron chi connectivity index (χ2n) is 2.21. The van der Waals surface area contributed by atoms with Gasteiger partial charge in [0.25, 0.3) is 0 Å². The molecule has 0 radical (unpaired) electrons. The highest BCUT2D eigenvalue weighted by Gasteiger charge is 1.83. The van der Waals surface area contributed by atoms with Gasteiger partial charge < -0.3 is 4.90 Å². The van der Waals surface area contributed by atoms with Crippen LogP contribution in [0.2, 0.25) is 0 Å². The summed E-state index contributed by atoms with van der Waals surface area (Å²) in [6.07, 6.45) is 3.48. The van der Waals surface area contributed by atoms with Crippen molar-refractivity contribution in [3.8, 4) is 0 Å². The van der Waals surface area contributed by atoms with Crippen molar-refractivity contribution in [2.75, 3.05) is 7.05 Å². The van der Waals surface area contributed by atoms with E-state index in [4.69, 9.17) is 0 Å². The third kappa shape index (κ3) is 5.07. The Bertz CT molecular complexity index is 105. The summed E-state index contributed by atoms with van der Waals surface area (Å²) in [5, 5.41) is 0. The number of rotatable bonds is 3. The first kappa shape index (κ1) is 8.21. The highest BCUT2D eigenvalue weighted by molar-refractivity contribution is 5.55. The molecule has 0 fully saturated rings. The molecule has 9 heavy (non-hydrogen) atoms. The molecule has 0 aromatic rings. The fraction of sp³-hybridized carbons (Fsp3) is 0.571. The summed E-state index contributed by atoms with van der Waals surface area (Å²) in [5.41, 5.74) is 0. The molecule has 0 rings (SSSR count). The Kier molecular flexibility index (Phi) is 3.76. The molecule has 2 nitrogen and oxygen atoms in total. The molecule has 0 amide bonds. The van der Waals surface area contributed by atoms with Crippen LogP contribution in [0.25, 0.3) is 0 Å². The van der Waals surface area contributed by atoms with E-state index in [9.17, 15) is 0 Å². The Morgan fingerprint density at radius 2 is 2.11 bits per heavy atom. The van der Waals surface area contributed by atoms with Crippen LogP contribution in [-0.4, -0.2) is 24.3 Å². The van der Waals surface area contributed by atoms with E-state index in [1.165, 1.54) is 0 Å². The lowest BCUT2D eigenvalue weighted by Crippen LogP contribution is -2.07. The van der Waals surface area contributed by atoms with Gasteiger partial charge in [-0.15, -0.1) is 0 Å². The number of hydrogen-bond acceptors (Lipinski definition) is 1. The summed E-state index contributed by atoms with van der Waals surface area (Å²) >= 11 is 0. The fourth-order valence-electron chi connectivity index (χ4n) is 0.286. The van der Waals surface area contributed by atoms with E-state index in [1.807, 2.05) is 25.8 Å². The Hall–Kier alpha value is -0.790. The van der Waals surface area contributed by atoms with Crippen LogP contribution in [-0.2, 0) is 0 Å². The van der Waals surface area contributed by atoms with Crippen LogP contribution >= 0.6 is 0 Å². The Balaban J connectivity index is 3.56. The third-order valence-corrected chi connectivity index (χ3v) is 0.835. The van der Waals surface area contributed by atoms with Crippen molar-refractivity contribution in [2.45, 2.75) is 19.9 Å². The van der Waals surface area contributed by atoms with Gasteiger partial charge in [-0.05, 0) is 20.0 Å². The van der Waals surface area contributed by atoms with Crippen molar-refractivity contribution in [1.29, 1.82) is 0 Å². The molecule has 0 saturated carbocycles. The quantitative estimate of drug-likeness (QED) is 0.413. The zero-order valence-corrected chi connectivity index (χ0v) is 6.33. The first-order valence-electron chi connectivity index (χ1n) is 3.04. The van der Waals surface area contributed by atoms with Gasteiger partial charge in [0.15, 0.2) is 0 Å². The second-order valence-corrected chi connectivity index (χ2v) is 2.21. The van der Waals surface area contributed by atoms with Crippen LogP contribution in [0.3, 0.4) is 0 Å². The lowest BCUT2D eigenvalue weighted by atomic mass is 10.4. The first-order chi connectivity index (χ1) is 4.16. The maximum atomic E-state index is 4.12. The van der Waals surface area contributed by atoms with Gasteiger partial charge in [0.1, 0.15) is 0 Å². The van der Waals surface area contributed by atoms with Crippen molar-refractivity contribution in [3.05, 3.63) is 12.8 Å². The van der Waals surface area contributed by atoms with Crippen LogP contribution in [0.1, 0.15) is 13.8 Å². The molecule has 0 atom stereocenters. The van der Waals surface area contributed by atoms with E-state index in [1.54, 1.807) is 12.5 Å². The number of hydrogen-bond donors (Lipinski definition) is 0. The normalized spacial score (nSPS) is 10.7. The molecular formula is C7H14N2. The summed E-state index contributed by atoms with van der Waals surface area (Å²) < 4.78 is 0. The average molecular weight is 126 g/mol. The molecule has 0 N–H and O–H groups in total. The van der Waals surface area contributed by atoms with Gasteiger partial charge in [-0.1, -0.05) is 6.58 Å². The fourth-order valence-corrected chi connectivity index (χ4v) is 0.286. The average Bonchev–Trinajstić information content (AvgIpc) is 1.83. The van der Waals surface area contributed by atoms with Gasteiger partial charge in [0, 0.05) is 13.1 Å². The molecule has 0 aromatic carbocycles.